The van der Waals surface area contributed by atoms with E-state index in [0.717, 1.165) is 23.6 Å². The molecule has 0 saturated carbocycles. The van der Waals surface area contributed by atoms with Gasteiger partial charge in [0.1, 0.15) is 16.3 Å². The van der Waals surface area contributed by atoms with Crippen LogP contribution in [0.5, 0.6) is 0 Å². The van der Waals surface area contributed by atoms with Crippen LogP contribution in [0.4, 0.5) is 9.18 Å². The highest BCUT2D eigenvalue weighted by Gasteiger charge is 2.55. The summed E-state index contributed by atoms with van der Waals surface area (Å²) < 4.78 is 40.8. The van der Waals surface area contributed by atoms with Gasteiger partial charge in [0.25, 0.3) is 5.91 Å². The summed E-state index contributed by atoms with van der Waals surface area (Å²) in [4.78, 5) is 28.7. The second kappa shape index (κ2) is 7.65. The lowest BCUT2D eigenvalue weighted by Gasteiger charge is -2.35. The van der Waals surface area contributed by atoms with E-state index in [-0.39, 0.29) is 30.6 Å². The fraction of sp³-hybridized carbons (Fsp3) is 0.364. The number of piperazine rings is 1. The number of imide groups is 1. The number of aryl methyl sites for hydroxylation is 1. The van der Waals surface area contributed by atoms with Gasteiger partial charge in [0.2, 0.25) is 10.0 Å². The van der Waals surface area contributed by atoms with Crippen molar-refractivity contribution in [1.82, 2.24) is 19.4 Å². The number of nitrogens with zero attached hydrogens (tertiary/aromatic N) is 3. The summed E-state index contributed by atoms with van der Waals surface area (Å²) in [7, 11) is -3.94. The molecule has 1 aliphatic carbocycles. The predicted octanol–water partition coefficient (Wildman–Crippen LogP) is 1.48. The number of rotatable bonds is 4. The van der Waals surface area contributed by atoms with Gasteiger partial charge in [-0.1, -0.05) is 36.4 Å². The average molecular weight is 459 g/mol. The highest BCUT2D eigenvalue weighted by Crippen LogP contribution is 2.41. The molecule has 2 aromatic rings. The first-order valence-corrected chi connectivity index (χ1v) is 12.0. The number of benzene rings is 2. The molecule has 1 atom stereocenters. The third-order valence-corrected chi connectivity index (χ3v) is 8.48. The van der Waals surface area contributed by atoms with E-state index in [1.165, 1.54) is 27.4 Å². The van der Waals surface area contributed by atoms with Crippen LogP contribution in [0.2, 0.25) is 0 Å². The van der Waals surface area contributed by atoms with Gasteiger partial charge in [0.05, 0.1) is 6.67 Å². The summed E-state index contributed by atoms with van der Waals surface area (Å²) in [5.41, 5.74) is 0.903. The summed E-state index contributed by atoms with van der Waals surface area (Å²) >= 11 is 0. The van der Waals surface area contributed by atoms with Gasteiger partial charge in [-0.3, -0.25) is 9.69 Å². The Bertz CT molecular complexity index is 1200. The van der Waals surface area contributed by atoms with Crippen molar-refractivity contribution >= 4 is 22.0 Å². The number of sulfonamides is 1. The van der Waals surface area contributed by atoms with Crippen molar-refractivity contribution in [2.24, 2.45) is 0 Å². The highest BCUT2D eigenvalue weighted by atomic mass is 32.2. The van der Waals surface area contributed by atoms with Crippen LogP contribution in [0.3, 0.4) is 0 Å². The summed E-state index contributed by atoms with van der Waals surface area (Å²) in [5, 5.41) is 2.90. The Labute approximate surface area is 185 Å². The second-order valence-electron chi connectivity index (χ2n) is 8.32. The molecule has 2 aromatic carbocycles. The van der Waals surface area contributed by atoms with Crippen LogP contribution >= 0.6 is 0 Å². The van der Waals surface area contributed by atoms with Crippen LogP contribution in [0.1, 0.15) is 17.5 Å². The standard InChI is InChI=1S/C22H23FN4O4S/c23-18-7-3-4-8-19(18)32(30,31)26-13-11-25(12-14-26)15-27-20(28)22(24-21(27)29)10-9-16-5-1-2-6-17(16)22/h1-8H,9-15H2,(H,24,29). The molecule has 2 fully saturated rings. The normalized spacial score (nSPS) is 24.2. The van der Waals surface area contributed by atoms with Crippen LogP contribution in [0, 0.1) is 5.82 Å². The van der Waals surface area contributed by atoms with Gasteiger partial charge in [-0.05, 0) is 36.1 Å². The average Bonchev–Trinajstić information content (AvgIpc) is 3.27. The van der Waals surface area contributed by atoms with Gasteiger partial charge >= 0.3 is 6.03 Å². The Balaban J connectivity index is 1.27. The van der Waals surface area contributed by atoms with Gasteiger partial charge in [0.15, 0.2) is 0 Å². The Kier molecular flexibility index (Phi) is 5.03. The SMILES string of the molecule is O=C1NC2(CCc3ccccc32)C(=O)N1CN1CCN(S(=O)(=O)c2ccccc2F)CC1. The maximum Gasteiger partial charge on any atom is 0.326 e. The van der Waals surface area contributed by atoms with E-state index in [9.17, 15) is 22.4 Å². The smallest absolute Gasteiger partial charge is 0.319 e. The zero-order chi connectivity index (χ0) is 22.5. The van der Waals surface area contributed by atoms with E-state index < -0.39 is 27.4 Å². The molecule has 32 heavy (non-hydrogen) atoms. The number of amides is 3. The van der Waals surface area contributed by atoms with E-state index >= 15 is 0 Å². The largest absolute Gasteiger partial charge is 0.326 e. The van der Waals surface area contributed by atoms with Crippen molar-refractivity contribution in [1.29, 1.82) is 0 Å². The van der Waals surface area contributed by atoms with Gasteiger partial charge in [-0.2, -0.15) is 4.31 Å². The molecular formula is C22H23FN4O4S. The zero-order valence-corrected chi connectivity index (χ0v) is 18.1. The van der Waals surface area contributed by atoms with E-state index in [0.29, 0.717) is 19.5 Å². The molecule has 0 bridgehead atoms. The fourth-order valence-corrected chi connectivity index (χ4v) is 6.31. The third kappa shape index (κ3) is 3.21. The van der Waals surface area contributed by atoms with Crippen molar-refractivity contribution in [2.45, 2.75) is 23.3 Å². The van der Waals surface area contributed by atoms with Crippen LogP contribution in [0.25, 0.3) is 0 Å². The van der Waals surface area contributed by atoms with Crippen molar-refractivity contribution in [3.63, 3.8) is 0 Å². The number of carbonyl (C=O) groups excluding carboxylic acids is 2. The molecule has 168 valence electrons. The summed E-state index contributed by atoms with van der Waals surface area (Å²) in [5.74, 6) is -1.05. The minimum atomic E-state index is -3.94. The molecule has 8 nitrogen and oxygen atoms in total. The summed E-state index contributed by atoms with van der Waals surface area (Å²) in [6.45, 7) is 1.04. The fourth-order valence-electron chi connectivity index (χ4n) is 4.82. The second-order valence-corrected chi connectivity index (χ2v) is 10.2. The lowest BCUT2D eigenvalue weighted by Crippen LogP contribution is -2.52. The van der Waals surface area contributed by atoms with Gasteiger partial charge in [-0.15, -0.1) is 0 Å². The van der Waals surface area contributed by atoms with Crippen molar-refractivity contribution < 1.29 is 22.4 Å². The zero-order valence-electron chi connectivity index (χ0n) is 17.3. The molecule has 5 rings (SSSR count). The molecule has 10 heteroatoms. The monoisotopic (exact) mass is 458 g/mol. The van der Waals surface area contributed by atoms with Crippen LogP contribution < -0.4 is 5.32 Å². The van der Waals surface area contributed by atoms with E-state index in [2.05, 4.69) is 5.32 Å². The topological polar surface area (TPSA) is 90.0 Å². The van der Waals surface area contributed by atoms with Crippen LogP contribution in [-0.2, 0) is 26.8 Å². The number of halogens is 1. The third-order valence-electron chi connectivity index (χ3n) is 6.55. The van der Waals surface area contributed by atoms with Crippen molar-refractivity contribution in [2.75, 3.05) is 32.8 Å². The maximum atomic E-state index is 14.0. The minimum Gasteiger partial charge on any atom is -0.319 e. The Morgan fingerprint density at radius 3 is 2.41 bits per heavy atom. The van der Waals surface area contributed by atoms with Crippen molar-refractivity contribution in [3.8, 4) is 0 Å². The van der Waals surface area contributed by atoms with Crippen molar-refractivity contribution in [3.05, 3.63) is 65.5 Å². The molecule has 1 N–H and O–H groups in total. The summed E-state index contributed by atoms with van der Waals surface area (Å²) in [6.07, 6.45) is 1.25. The number of hydrogen-bond acceptors (Lipinski definition) is 5. The lowest BCUT2D eigenvalue weighted by atomic mass is 9.92. The quantitative estimate of drug-likeness (QED) is 0.701. The molecule has 3 amide bonds. The first kappa shape index (κ1) is 21.0. The number of urea groups is 1. The highest BCUT2D eigenvalue weighted by molar-refractivity contribution is 7.89. The molecule has 3 aliphatic rings. The molecule has 0 radical (unpaired) electrons. The number of carbonyl (C=O) groups is 2. The molecule has 2 heterocycles. The summed E-state index contributed by atoms with van der Waals surface area (Å²) in [6, 6.07) is 12.5. The molecule has 1 spiro atoms. The molecule has 2 aliphatic heterocycles. The Morgan fingerprint density at radius 2 is 1.66 bits per heavy atom. The van der Waals surface area contributed by atoms with Crippen LogP contribution in [-0.4, -0.2) is 67.3 Å². The number of nitrogens with one attached hydrogen (secondary N) is 1. The van der Waals surface area contributed by atoms with Crippen LogP contribution in [0.15, 0.2) is 53.4 Å². The van der Waals surface area contributed by atoms with E-state index in [4.69, 9.17) is 0 Å². The Hall–Kier alpha value is -2.82. The molecule has 1 unspecified atom stereocenters. The minimum absolute atomic E-state index is 0.0855. The lowest BCUT2D eigenvalue weighted by molar-refractivity contribution is -0.133. The number of fused-ring (bicyclic) bond motifs is 2. The Morgan fingerprint density at radius 1 is 0.969 bits per heavy atom. The van der Waals surface area contributed by atoms with Gasteiger partial charge < -0.3 is 5.32 Å². The van der Waals surface area contributed by atoms with Gasteiger partial charge in [0, 0.05) is 26.2 Å². The molecule has 2 saturated heterocycles. The molecule has 0 aromatic heterocycles. The number of hydrogen-bond donors (Lipinski definition) is 1. The maximum absolute atomic E-state index is 14.0. The van der Waals surface area contributed by atoms with E-state index in [1.54, 1.807) is 0 Å². The first-order valence-electron chi connectivity index (χ1n) is 10.5. The van der Waals surface area contributed by atoms with Gasteiger partial charge in [-0.25, -0.2) is 22.5 Å². The van der Waals surface area contributed by atoms with E-state index in [1.807, 2.05) is 29.2 Å². The first-order chi connectivity index (χ1) is 15.3. The predicted molar refractivity (Wildman–Crippen MR) is 113 cm³/mol. The molecular weight excluding hydrogens is 435 g/mol.